The van der Waals surface area contributed by atoms with E-state index in [9.17, 15) is 13.2 Å². The van der Waals surface area contributed by atoms with E-state index in [1.807, 2.05) is 30.3 Å². The van der Waals surface area contributed by atoms with Crippen LogP contribution in [0, 0.1) is 12.8 Å². The Bertz CT molecular complexity index is 1110. The van der Waals surface area contributed by atoms with Gasteiger partial charge in [0.05, 0.1) is 33.8 Å². The second-order valence-corrected chi connectivity index (χ2v) is 9.08. The third-order valence-corrected chi connectivity index (χ3v) is 6.65. The van der Waals surface area contributed by atoms with E-state index >= 15 is 0 Å². The van der Waals surface area contributed by atoms with E-state index in [2.05, 4.69) is 15.5 Å². The highest BCUT2D eigenvalue weighted by Crippen LogP contribution is 2.27. The van der Waals surface area contributed by atoms with Crippen LogP contribution in [-0.4, -0.2) is 42.5 Å². The molecule has 1 atom stereocenters. The first kappa shape index (κ1) is 17.7. The van der Waals surface area contributed by atoms with Crippen LogP contribution in [0.4, 0.5) is 0 Å². The summed E-state index contributed by atoms with van der Waals surface area (Å²) in [6.45, 7) is 2.09. The van der Waals surface area contributed by atoms with Crippen LogP contribution in [0.3, 0.4) is 0 Å². The number of aromatic nitrogens is 2. The molecule has 1 amide bonds. The number of carbonyl (C=O) groups is 1. The first-order valence-corrected chi connectivity index (χ1v) is 10.6. The second-order valence-electron chi connectivity index (χ2n) is 6.85. The fraction of sp³-hybridized carbons (Fsp3) is 0.316. The van der Waals surface area contributed by atoms with Gasteiger partial charge in [-0.05, 0) is 25.3 Å². The van der Waals surface area contributed by atoms with E-state index in [0.29, 0.717) is 41.0 Å². The van der Waals surface area contributed by atoms with Gasteiger partial charge in [-0.2, -0.15) is 0 Å². The van der Waals surface area contributed by atoms with Crippen molar-refractivity contribution in [2.45, 2.75) is 13.3 Å². The number of nitrogens with one attached hydrogen (secondary N) is 1. The molecule has 0 aliphatic carbocycles. The van der Waals surface area contributed by atoms with Crippen LogP contribution in [0.5, 0.6) is 0 Å². The number of pyridine rings is 1. The molecule has 7 nitrogen and oxygen atoms in total. The lowest BCUT2D eigenvalue weighted by Gasteiger charge is -2.11. The lowest BCUT2D eigenvalue weighted by atomic mass is 10.0. The summed E-state index contributed by atoms with van der Waals surface area (Å²) in [6.07, 6.45) is 0.579. The Morgan fingerprint density at radius 2 is 2.07 bits per heavy atom. The SMILES string of the molecule is Cc1noc2nc(-c3ccccc3)cc(C(=O)NCC3CCS(=O)(=O)C3)c12. The van der Waals surface area contributed by atoms with E-state index in [-0.39, 0.29) is 23.3 Å². The number of sulfone groups is 1. The Morgan fingerprint density at radius 1 is 1.30 bits per heavy atom. The number of benzene rings is 1. The molecule has 140 valence electrons. The Balaban J connectivity index is 1.65. The highest BCUT2D eigenvalue weighted by molar-refractivity contribution is 7.91. The maximum atomic E-state index is 12.9. The first-order valence-electron chi connectivity index (χ1n) is 8.74. The smallest absolute Gasteiger partial charge is 0.259 e. The molecule has 1 saturated heterocycles. The molecule has 2 aromatic heterocycles. The molecular weight excluding hydrogens is 366 g/mol. The summed E-state index contributed by atoms with van der Waals surface area (Å²) in [5, 5.41) is 7.37. The minimum absolute atomic E-state index is 0.0477. The normalized spacial score (nSPS) is 18.6. The van der Waals surface area contributed by atoms with Crippen LogP contribution >= 0.6 is 0 Å². The van der Waals surface area contributed by atoms with Gasteiger partial charge in [-0.3, -0.25) is 4.79 Å². The van der Waals surface area contributed by atoms with Gasteiger partial charge >= 0.3 is 0 Å². The molecule has 1 unspecified atom stereocenters. The molecule has 1 aliphatic rings. The average molecular weight is 385 g/mol. The van der Waals surface area contributed by atoms with Crippen LogP contribution in [-0.2, 0) is 9.84 Å². The highest BCUT2D eigenvalue weighted by Gasteiger charge is 2.28. The van der Waals surface area contributed by atoms with Crippen molar-refractivity contribution in [1.29, 1.82) is 0 Å². The van der Waals surface area contributed by atoms with E-state index < -0.39 is 9.84 Å². The van der Waals surface area contributed by atoms with Crippen molar-refractivity contribution in [3.8, 4) is 11.3 Å². The maximum Gasteiger partial charge on any atom is 0.259 e. The van der Waals surface area contributed by atoms with Crippen LogP contribution in [0.15, 0.2) is 40.9 Å². The number of carbonyl (C=O) groups excluding carboxylic acids is 1. The molecule has 1 N–H and O–H groups in total. The number of amides is 1. The molecular formula is C19H19N3O4S. The van der Waals surface area contributed by atoms with Crippen LogP contribution in [0.2, 0.25) is 0 Å². The van der Waals surface area contributed by atoms with Gasteiger partial charge < -0.3 is 9.84 Å². The zero-order valence-electron chi connectivity index (χ0n) is 14.8. The van der Waals surface area contributed by atoms with Crippen LogP contribution in [0.25, 0.3) is 22.4 Å². The third-order valence-electron chi connectivity index (χ3n) is 4.81. The summed E-state index contributed by atoms with van der Waals surface area (Å²) in [6, 6.07) is 11.2. The predicted octanol–water partition coefficient (Wildman–Crippen LogP) is 2.36. The van der Waals surface area contributed by atoms with Crippen molar-refractivity contribution >= 4 is 26.8 Å². The van der Waals surface area contributed by atoms with Gasteiger partial charge in [0.15, 0.2) is 9.84 Å². The van der Waals surface area contributed by atoms with Crippen molar-refractivity contribution in [2.24, 2.45) is 5.92 Å². The standard InChI is InChI=1S/C19H19N3O4S/c1-12-17-15(18(23)20-10-13-7-8-27(24,25)11-13)9-16(21-19(17)26-22-12)14-5-3-2-4-6-14/h2-6,9,13H,7-8,10-11H2,1H3,(H,20,23). The Hall–Kier alpha value is -2.74. The fourth-order valence-corrected chi connectivity index (χ4v) is 5.26. The quantitative estimate of drug-likeness (QED) is 0.740. The number of aryl methyl sites for hydroxylation is 1. The lowest BCUT2D eigenvalue weighted by molar-refractivity contribution is 0.0950. The third kappa shape index (κ3) is 3.57. The molecule has 4 rings (SSSR count). The van der Waals surface area contributed by atoms with Crippen molar-refractivity contribution in [3.63, 3.8) is 0 Å². The lowest BCUT2D eigenvalue weighted by Crippen LogP contribution is -2.30. The number of hydrogen-bond donors (Lipinski definition) is 1. The summed E-state index contributed by atoms with van der Waals surface area (Å²) >= 11 is 0. The zero-order chi connectivity index (χ0) is 19.0. The van der Waals surface area contributed by atoms with E-state index in [0.717, 1.165) is 5.56 Å². The molecule has 0 spiro atoms. The largest absolute Gasteiger partial charge is 0.352 e. The summed E-state index contributed by atoms with van der Waals surface area (Å²) in [7, 11) is -2.97. The van der Waals surface area contributed by atoms with Crippen LogP contribution < -0.4 is 5.32 Å². The van der Waals surface area contributed by atoms with Gasteiger partial charge in [0, 0.05) is 12.1 Å². The Labute approximate surface area is 156 Å². The number of rotatable bonds is 4. The van der Waals surface area contributed by atoms with E-state index in [1.165, 1.54) is 0 Å². The van der Waals surface area contributed by atoms with Gasteiger partial charge in [0.1, 0.15) is 0 Å². The van der Waals surface area contributed by atoms with Crippen molar-refractivity contribution in [3.05, 3.63) is 47.7 Å². The molecule has 0 saturated carbocycles. The monoisotopic (exact) mass is 385 g/mol. The van der Waals surface area contributed by atoms with Crippen molar-refractivity contribution < 1.29 is 17.7 Å². The molecule has 1 aliphatic heterocycles. The molecule has 0 bridgehead atoms. The summed E-state index contributed by atoms with van der Waals surface area (Å²) in [5.74, 6) is -0.0140. The Morgan fingerprint density at radius 3 is 2.78 bits per heavy atom. The van der Waals surface area contributed by atoms with Crippen molar-refractivity contribution in [1.82, 2.24) is 15.5 Å². The fourth-order valence-electron chi connectivity index (χ4n) is 3.40. The molecule has 1 fully saturated rings. The molecule has 0 radical (unpaired) electrons. The summed E-state index contributed by atoms with van der Waals surface area (Å²) in [4.78, 5) is 17.3. The molecule has 1 aromatic carbocycles. The summed E-state index contributed by atoms with van der Waals surface area (Å²) in [5.41, 5.74) is 2.81. The van der Waals surface area contributed by atoms with Gasteiger partial charge in [0.2, 0.25) is 0 Å². The average Bonchev–Trinajstić information content (AvgIpc) is 3.21. The molecule has 3 aromatic rings. The highest BCUT2D eigenvalue weighted by atomic mass is 32.2. The zero-order valence-corrected chi connectivity index (χ0v) is 15.6. The second kappa shape index (κ2) is 6.77. The minimum atomic E-state index is -2.97. The van der Waals surface area contributed by atoms with Gasteiger partial charge in [-0.25, -0.2) is 13.4 Å². The van der Waals surface area contributed by atoms with E-state index in [1.54, 1.807) is 13.0 Å². The topological polar surface area (TPSA) is 102 Å². The van der Waals surface area contributed by atoms with Gasteiger partial charge in [0.25, 0.3) is 11.6 Å². The van der Waals surface area contributed by atoms with Gasteiger partial charge in [-0.15, -0.1) is 0 Å². The maximum absolute atomic E-state index is 12.9. The van der Waals surface area contributed by atoms with Gasteiger partial charge in [-0.1, -0.05) is 35.5 Å². The minimum Gasteiger partial charge on any atom is -0.352 e. The van der Waals surface area contributed by atoms with Crippen molar-refractivity contribution in [2.75, 3.05) is 18.1 Å². The Kier molecular flexibility index (Phi) is 4.43. The number of hydrogen-bond acceptors (Lipinski definition) is 6. The first-order chi connectivity index (χ1) is 12.9. The van der Waals surface area contributed by atoms with E-state index in [4.69, 9.17) is 4.52 Å². The molecule has 8 heteroatoms. The predicted molar refractivity (Wildman–Crippen MR) is 101 cm³/mol. The number of nitrogens with zero attached hydrogens (tertiary/aromatic N) is 2. The molecule has 27 heavy (non-hydrogen) atoms. The summed E-state index contributed by atoms with van der Waals surface area (Å²) < 4.78 is 28.5. The van der Waals surface area contributed by atoms with Crippen LogP contribution in [0.1, 0.15) is 22.5 Å². The molecule has 3 heterocycles. The number of fused-ring (bicyclic) bond motifs is 1.